The Labute approximate surface area is 219 Å². The smallest absolute Gasteiger partial charge is 0.229 e. The Hall–Kier alpha value is -2.61. The summed E-state index contributed by atoms with van der Waals surface area (Å²) in [7, 11) is 0. The quantitative estimate of drug-likeness (QED) is 0.414. The third-order valence-electron chi connectivity index (χ3n) is 7.36. The molecule has 1 aromatic heterocycles. The molecule has 2 aromatic rings. The van der Waals surface area contributed by atoms with E-state index in [1.165, 1.54) is 0 Å². The van der Waals surface area contributed by atoms with Gasteiger partial charge in [-0.05, 0) is 30.6 Å². The zero-order valence-electron chi connectivity index (χ0n) is 22.2. The predicted molar refractivity (Wildman–Crippen MR) is 145 cm³/mol. The van der Waals surface area contributed by atoms with E-state index in [-0.39, 0.29) is 35.9 Å². The molecule has 2 amide bonds. The number of rotatable bonds is 10. The van der Waals surface area contributed by atoms with Gasteiger partial charge in [0.05, 0.1) is 12.0 Å². The summed E-state index contributed by atoms with van der Waals surface area (Å²) < 4.78 is 4.04. The SMILES string of the molecule is CC[C@@H](C)C(=O)N[C@H](C(=O)C[C@H](C(=O)Nc1snnc1-c1ccccc1)C(C)(C)C)C1CCCCC1. The van der Waals surface area contributed by atoms with E-state index in [0.29, 0.717) is 10.7 Å². The minimum absolute atomic E-state index is 0.0562. The average molecular weight is 513 g/mol. The fourth-order valence-corrected chi connectivity index (χ4v) is 5.38. The summed E-state index contributed by atoms with van der Waals surface area (Å²) in [6.07, 6.45) is 5.94. The van der Waals surface area contributed by atoms with Crippen LogP contribution in [0, 0.1) is 23.2 Å². The van der Waals surface area contributed by atoms with Gasteiger partial charge in [0.1, 0.15) is 10.7 Å². The van der Waals surface area contributed by atoms with Crippen LogP contribution < -0.4 is 10.6 Å². The topological polar surface area (TPSA) is 101 Å². The van der Waals surface area contributed by atoms with Crippen molar-refractivity contribution in [2.75, 3.05) is 5.32 Å². The molecule has 0 radical (unpaired) electrons. The first kappa shape index (κ1) is 28.0. The maximum Gasteiger partial charge on any atom is 0.229 e. The summed E-state index contributed by atoms with van der Waals surface area (Å²) in [5.74, 6) is -0.961. The van der Waals surface area contributed by atoms with Gasteiger partial charge in [-0.15, -0.1) is 5.10 Å². The van der Waals surface area contributed by atoms with E-state index in [2.05, 4.69) is 20.2 Å². The molecular weight excluding hydrogens is 472 g/mol. The van der Waals surface area contributed by atoms with Crippen LogP contribution >= 0.6 is 11.5 Å². The summed E-state index contributed by atoms with van der Waals surface area (Å²) in [4.78, 5) is 40.1. The second-order valence-corrected chi connectivity index (χ2v) is 11.8. The second-order valence-electron chi connectivity index (χ2n) is 11.1. The van der Waals surface area contributed by atoms with Gasteiger partial charge in [0, 0.05) is 29.4 Å². The normalized spacial score (nSPS) is 17.1. The van der Waals surface area contributed by atoms with E-state index >= 15 is 0 Å². The second kappa shape index (κ2) is 12.6. The van der Waals surface area contributed by atoms with Gasteiger partial charge >= 0.3 is 0 Å². The van der Waals surface area contributed by atoms with Gasteiger partial charge in [-0.25, -0.2) is 0 Å². The predicted octanol–water partition coefficient (Wildman–Crippen LogP) is 5.88. The molecule has 3 atom stereocenters. The van der Waals surface area contributed by atoms with E-state index in [4.69, 9.17) is 0 Å². The number of amides is 2. The summed E-state index contributed by atoms with van der Waals surface area (Å²) in [5, 5.41) is 10.9. The Bertz CT molecular complexity index is 1020. The summed E-state index contributed by atoms with van der Waals surface area (Å²) in [6, 6.07) is 9.05. The van der Waals surface area contributed by atoms with Crippen LogP contribution in [0.2, 0.25) is 0 Å². The van der Waals surface area contributed by atoms with E-state index < -0.39 is 17.4 Å². The zero-order chi connectivity index (χ0) is 26.3. The molecule has 0 bridgehead atoms. The lowest BCUT2D eigenvalue weighted by atomic mass is 9.74. The molecule has 2 N–H and O–H groups in total. The van der Waals surface area contributed by atoms with Crippen molar-refractivity contribution in [1.29, 1.82) is 0 Å². The highest BCUT2D eigenvalue weighted by Gasteiger charge is 2.38. The third kappa shape index (κ3) is 7.21. The molecule has 36 heavy (non-hydrogen) atoms. The molecule has 196 valence electrons. The van der Waals surface area contributed by atoms with Crippen LogP contribution in [-0.4, -0.2) is 33.2 Å². The van der Waals surface area contributed by atoms with Crippen molar-refractivity contribution in [3.05, 3.63) is 30.3 Å². The number of aromatic nitrogens is 2. The number of hydrogen-bond donors (Lipinski definition) is 2. The molecule has 1 saturated carbocycles. The molecule has 1 aliphatic rings. The number of carbonyl (C=O) groups is 3. The van der Waals surface area contributed by atoms with E-state index in [0.717, 1.165) is 55.6 Å². The zero-order valence-corrected chi connectivity index (χ0v) is 23.0. The molecule has 0 aliphatic heterocycles. The maximum atomic E-state index is 13.7. The van der Waals surface area contributed by atoms with Crippen LogP contribution in [-0.2, 0) is 14.4 Å². The van der Waals surface area contributed by atoms with Gasteiger partial charge in [-0.3, -0.25) is 14.4 Å². The number of ketones is 1. The Morgan fingerprint density at radius 2 is 1.72 bits per heavy atom. The lowest BCUT2D eigenvalue weighted by Gasteiger charge is -2.34. The van der Waals surface area contributed by atoms with Crippen LogP contribution in [0.15, 0.2) is 30.3 Å². The summed E-state index contributed by atoms with van der Waals surface area (Å²) in [6.45, 7) is 9.78. The lowest BCUT2D eigenvalue weighted by Crippen LogP contribution is -2.49. The summed E-state index contributed by atoms with van der Waals surface area (Å²) >= 11 is 1.13. The van der Waals surface area contributed by atoms with Crippen LogP contribution in [0.5, 0.6) is 0 Å². The van der Waals surface area contributed by atoms with Gasteiger partial charge in [0.25, 0.3) is 0 Å². The Kier molecular flexibility index (Phi) is 9.77. The van der Waals surface area contributed by atoms with Crippen molar-refractivity contribution in [2.24, 2.45) is 23.2 Å². The molecule has 7 nitrogen and oxygen atoms in total. The first-order valence-electron chi connectivity index (χ1n) is 13.1. The lowest BCUT2D eigenvalue weighted by molar-refractivity contribution is -0.134. The molecule has 3 rings (SSSR count). The molecular formula is C28H40N4O3S. The Morgan fingerprint density at radius 1 is 1.06 bits per heavy atom. The van der Waals surface area contributed by atoms with Gasteiger partial charge in [0.15, 0.2) is 5.78 Å². The van der Waals surface area contributed by atoms with Crippen molar-refractivity contribution < 1.29 is 14.4 Å². The fraction of sp³-hybridized carbons (Fsp3) is 0.607. The number of Topliss-reactive ketones (excluding diaryl/α,β-unsaturated/α-hetero) is 1. The Balaban J connectivity index is 1.80. The number of nitrogens with zero attached hydrogens (tertiary/aromatic N) is 2. The highest BCUT2D eigenvalue weighted by molar-refractivity contribution is 7.10. The monoisotopic (exact) mass is 512 g/mol. The molecule has 1 aliphatic carbocycles. The minimum Gasteiger partial charge on any atom is -0.346 e. The third-order valence-corrected chi connectivity index (χ3v) is 8.01. The average Bonchev–Trinajstić information content (AvgIpc) is 3.33. The van der Waals surface area contributed by atoms with Gasteiger partial charge in [-0.1, -0.05) is 88.7 Å². The summed E-state index contributed by atoms with van der Waals surface area (Å²) in [5.41, 5.74) is 1.03. The van der Waals surface area contributed by atoms with Crippen molar-refractivity contribution >= 4 is 34.1 Å². The first-order valence-corrected chi connectivity index (χ1v) is 13.9. The standard InChI is InChI=1S/C28H40N4O3S/c1-6-18(2)25(34)29-23(19-13-9-7-10-14-19)22(33)17-21(28(3,4)5)26(35)30-27-24(31-32-36-27)20-15-11-8-12-16-20/h8,11-12,15-16,18-19,21,23H,6-7,9-10,13-14,17H2,1-5H3,(H,29,34)(H,30,35)/t18-,21-,23+/m1/s1. The molecule has 0 spiro atoms. The molecule has 1 aromatic carbocycles. The maximum absolute atomic E-state index is 13.7. The van der Waals surface area contributed by atoms with Gasteiger partial charge in [-0.2, -0.15) is 0 Å². The highest BCUT2D eigenvalue weighted by atomic mass is 32.1. The van der Waals surface area contributed by atoms with Crippen molar-refractivity contribution in [2.45, 2.75) is 85.6 Å². The van der Waals surface area contributed by atoms with Crippen LogP contribution in [0.25, 0.3) is 11.3 Å². The first-order chi connectivity index (χ1) is 17.1. The number of hydrogen-bond acceptors (Lipinski definition) is 6. The van der Waals surface area contributed by atoms with E-state index in [1.807, 2.05) is 65.0 Å². The fourth-order valence-electron chi connectivity index (χ4n) is 4.79. The van der Waals surface area contributed by atoms with E-state index in [9.17, 15) is 14.4 Å². The number of nitrogens with one attached hydrogen (secondary N) is 2. The largest absolute Gasteiger partial charge is 0.346 e. The number of anilines is 1. The van der Waals surface area contributed by atoms with Crippen LogP contribution in [0.4, 0.5) is 5.00 Å². The highest BCUT2D eigenvalue weighted by Crippen LogP contribution is 2.35. The van der Waals surface area contributed by atoms with Crippen molar-refractivity contribution in [1.82, 2.24) is 14.9 Å². The molecule has 0 saturated heterocycles. The molecule has 1 fully saturated rings. The van der Waals surface area contributed by atoms with Gasteiger partial charge in [0.2, 0.25) is 11.8 Å². The molecule has 0 unspecified atom stereocenters. The Morgan fingerprint density at radius 3 is 2.33 bits per heavy atom. The van der Waals surface area contributed by atoms with Crippen molar-refractivity contribution in [3.8, 4) is 11.3 Å². The molecule has 8 heteroatoms. The molecule has 1 heterocycles. The van der Waals surface area contributed by atoms with E-state index in [1.54, 1.807) is 0 Å². The minimum atomic E-state index is -0.567. The number of carbonyl (C=O) groups excluding carboxylic acids is 3. The number of benzene rings is 1. The van der Waals surface area contributed by atoms with Gasteiger partial charge < -0.3 is 10.6 Å². The van der Waals surface area contributed by atoms with Crippen LogP contribution in [0.1, 0.15) is 79.6 Å². The van der Waals surface area contributed by atoms with Crippen molar-refractivity contribution in [3.63, 3.8) is 0 Å². The van der Waals surface area contributed by atoms with Crippen LogP contribution in [0.3, 0.4) is 0 Å².